The molecule has 7 heteroatoms. The predicted octanol–water partition coefficient (Wildman–Crippen LogP) is 0.716. The van der Waals surface area contributed by atoms with E-state index in [1.54, 1.807) is 0 Å². The number of pyridine rings is 1. The number of nitriles is 1. The molecule has 0 atom stereocenters. The fourth-order valence-corrected chi connectivity index (χ4v) is 3.59. The standard InChI is InChI=1S/C13H18N4O2S/c1-17(2)13(6-4-7-13)10-16-20(18,19)12-5-3-8-15-11(12)9-14/h3,5,8,16H,4,6-7,10H2,1-2H3. The molecule has 0 spiro atoms. The maximum Gasteiger partial charge on any atom is 0.243 e. The first-order chi connectivity index (χ1) is 9.41. The molecule has 1 aromatic heterocycles. The molecule has 0 aliphatic heterocycles. The zero-order valence-electron chi connectivity index (χ0n) is 11.6. The van der Waals surface area contributed by atoms with E-state index in [1.165, 1.54) is 18.3 Å². The van der Waals surface area contributed by atoms with E-state index in [0.29, 0.717) is 6.54 Å². The fraction of sp³-hybridized carbons (Fsp3) is 0.538. The number of sulfonamides is 1. The van der Waals surface area contributed by atoms with Crippen molar-refractivity contribution in [1.82, 2.24) is 14.6 Å². The molecule has 0 amide bonds. The molecule has 108 valence electrons. The maximum atomic E-state index is 12.3. The van der Waals surface area contributed by atoms with Crippen molar-refractivity contribution >= 4 is 10.0 Å². The monoisotopic (exact) mass is 294 g/mol. The van der Waals surface area contributed by atoms with Crippen molar-refractivity contribution in [3.63, 3.8) is 0 Å². The van der Waals surface area contributed by atoms with Crippen molar-refractivity contribution in [3.05, 3.63) is 24.0 Å². The molecule has 1 fully saturated rings. The van der Waals surface area contributed by atoms with Crippen LogP contribution in [-0.4, -0.2) is 44.5 Å². The first kappa shape index (κ1) is 14.9. The summed E-state index contributed by atoms with van der Waals surface area (Å²) in [5.41, 5.74) is -0.185. The highest BCUT2D eigenvalue weighted by molar-refractivity contribution is 7.89. The summed E-state index contributed by atoms with van der Waals surface area (Å²) in [7, 11) is 0.206. The van der Waals surface area contributed by atoms with E-state index in [-0.39, 0.29) is 16.1 Å². The summed E-state index contributed by atoms with van der Waals surface area (Å²) in [6, 6.07) is 4.72. The molecule has 1 N–H and O–H groups in total. The van der Waals surface area contributed by atoms with Gasteiger partial charge in [0.1, 0.15) is 11.0 Å². The Kier molecular flexibility index (Phi) is 4.09. The van der Waals surface area contributed by atoms with Gasteiger partial charge in [-0.1, -0.05) is 0 Å². The lowest BCUT2D eigenvalue weighted by molar-refractivity contribution is 0.0657. The van der Waals surface area contributed by atoms with Crippen LogP contribution in [-0.2, 0) is 10.0 Å². The Labute approximate surface area is 119 Å². The lowest BCUT2D eigenvalue weighted by Crippen LogP contribution is -2.57. The normalized spacial score (nSPS) is 17.5. The zero-order chi connectivity index (χ0) is 14.8. The molecule has 1 aliphatic carbocycles. The number of hydrogen-bond acceptors (Lipinski definition) is 5. The molecule has 0 saturated heterocycles. The number of hydrogen-bond donors (Lipinski definition) is 1. The van der Waals surface area contributed by atoms with Crippen LogP contribution in [0.5, 0.6) is 0 Å². The summed E-state index contributed by atoms with van der Waals surface area (Å²) in [6.45, 7) is 0.349. The smallest absolute Gasteiger partial charge is 0.243 e. The number of nitrogens with one attached hydrogen (secondary N) is 1. The van der Waals surface area contributed by atoms with Crippen molar-refractivity contribution in [2.45, 2.75) is 29.7 Å². The molecule has 0 unspecified atom stereocenters. The van der Waals surface area contributed by atoms with E-state index >= 15 is 0 Å². The minimum absolute atomic E-state index is 0.0595. The van der Waals surface area contributed by atoms with Crippen LogP contribution < -0.4 is 4.72 Å². The summed E-state index contributed by atoms with van der Waals surface area (Å²) in [5, 5.41) is 8.94. The van der Waals surface area contributed by atoms with Gasteiger partial charge in [-0.25, -0.2) is 18.1 Å². The molecule has 1 aliphatic rings. The van der Waals surface area contributed by atoms with Gasteiger partial charge in [-0.3, -0.25) is 0 Å². The van der Waals surface area contributed by atoms with Crippen LogP contribution in [0.1, 0.15) is 25.0 Å². The van der Waals surface area contributed by atoms with Crippen LogP contribution in [0.25, 0.3) is 0 Å². The second-order valence-corrected chi connectivity index (χ2v) is 6.99. The van der Waals surface area contributed by atoms with Crippen molar-refractivity contribution < 1.29 is 8.42 Å². The van der Waals surface area contributed by atoms with Crippen LogP contribution in [0.4, 0.5) is 0 Å². The molecule has 0 aromatic carbocycles. The van der Waals surface area contributed by atoms with Gasteiger partial charge >= 0.3 is 0 Å². The third kappa shape index (κ3) is 2.68. The van der Waals surface area contributed by atoms with Gasteiger partial charge in [0.25, 0.3) is 0 Å². The Morgan fingerprint density at radius 2 is 2.20 bits per heavy atom. The van der Waals surface area contributed by atoms with Crippen molar-refractivity contribution in [3.8, 4) is 6.07 Å². The Bertz CT molecular complexity index is 630. The largest absolute Gasteiger partial charge is 0.302 e. The van der Waals surface area contributed by atoms with Gasteiger partial charge in [0.2, 0.25) is 10.0 Å². The second-order valence-electron chi connectivity index (χ2n) is 5.26. The first-order valence-corrected chi connectivity index (χ1v) is 7.92. The van der Waals surface area contributed by atoms with E-state index in [2.05, 4.69) is 14.6 Å². The van der Waals surface area contributed by atoms with Crippen LogP contribution >= 0.6 is 0 Å². The quantitative estimate of drug-likeness (QED) is 0.864. The van der Waals surface area contributed by atoms with Gasteiger partial charge in [0.05, 0.1) is 0 Å². The van der Waals surface area contributed by atoms with E-state index in [4.69, 9.17) is 5.26 Å². The molecule has 0 radical (unpaired) electrons. The minimum atomic E-state index is -3.71. The van der Waals surface area contributed by atoms with Crippen LogP contribution in [0.2, 0.25) is 0 Å². The Morgan fingerprint density at radius 1 is 1.50 bits per heavy atom. The van der Waals surface area contributed by atoms with Gasteiger partial charge in [0.15, 0.2) is 5.69 Å². The molecule has 1 heterocycles. The van der Waals surface area contributed by atoms with E-state index < -0.39 is 10.0 Å². The third-order valence-corrected chi connectivity index (χ3v) is 5.42. The van der Waals surface area contributed by atoms with Gasteiger partial charge in [-0.05, 0) is 45.5 Å². The maximum absolute atomic E-state index is 12.3. The lowest BCUT2D eigenvalue weighted by Gasteiger charge is -2.47. The molecule has 1 aromatic rings. The van der Waals surface area contributed by atoms with Gasteiger partial charge in [0, 0.05) is 18.3 Å². The fourth-order valence-electron chi connectivity index (χ4n) is 2.37. The van der Waals surface area contributed by atoms with Gasteiger partial charge < -0.3 is 4.90 Å². The summed E-state index contributed by atoms with van der Waals surface area (Å²) in [4.78, 5) is 5.79. The minimum Gasteiger partial charge on any atom is -0.302 e. The molecular weight excluding hydrogens is 276 g/mol. The molecule has 20 heavy (non-hydrogen) atoms. The Balaban J connectivity index is 2.18. The lowest BCUT2D eigenvalue weighted by atomic mass is 9.76. The molecular formula is C13H18N4O2S. The second kappa shape index (κ2) is 5.48. The van der Waals surface area contributed by atoms with Crippen LogP contribution in [0, 0.1) is 11.3 Å². The van der Waals surface area contributed by atoms with Crippen LogP contribution in [0.3, 0.4) is 0 Å². The number of likely N-dealkylation sites (N-methyl/N-ethyl adjacent to an activating group) is 1. The van der Waals surface area contributed by atoms with E-state index in [0.717, 1.165) is 19.3 Å². The van der Waals surface area contributed by atoms with Crippen molar-refractivity contribution in [2.24, 2.45) is 0 Å². The average Bonchev–Trinajstić information content (AvgIpc) is 2.37. The van der Waals surface area contributed by atoms with Crippen molar-refractivity contribution in [2.75, 3.05) is 20.6 Å². The SMILES string of the molecule is CN(C)C1(CNS(=O)(=O)c2cccnc2C#N)CCC1. The third-order valence-electron chi connectivity index (χ3n) is 3.99. The predicted molar refractivity (Wildman–Crippen MR) is 74.4 cm³/mol. The molecule has 0 bridgehead atoms. The molecule has 1 saturated carbocycles. The first-order valence-electron chi connectivity index (χ1n) is 6.43. The number of aromatic nitrogens is 1. The zero-order valence-corrected chi connectivity index (χ0v) is 12.4. The van der Waals surface area contributed by atoms with Crippen molar-refractivity contribution in [1.29, 1.82) is 5.26 Å². The average molecular weight is 294 g/mol. The highest BCUT2D eigenvalue weighted by Gasteiger charge is 2.40. The molecule has 6 nitrogen and oxygen atoms in total. The Hall–Kier alpha value is -1.49. The summed E-state index contributed by atoms with van der Waals surface area (Å²) in [5.74, 6) is 0. The number of nitrogens with zero attached hydrogens (tertiary/aromatic N) is 3. The summed E-state index contributed by atoms with van der Waals surface area (Å²) < 4.78 is 27.2. The summed E-state index contributed by atoms with van der Waals surface area (Å²) >= 11 is 0. The highest BCUT2D eigenvalue weighted by atomic mass is 32.2. The topological polar surface area (TPSA) is 86.1 Å². The Morgan fingerprint density at radius 3 is 2.70 bits per heavy atom. The van der Waals surface area contributed by atoms with Gasteiger partial charge in [-0.15, -0.1) is 0 Å². The number of rotatable bonds is 5. The highest BCUT2D eigenvalue weighted by Crippen LogP contribution is 2.35. The van der Waals surface area contributed by atoms with E-state index in [9.17, 15) is 8.42 Å². The van der Waals surface area contributed by atoms with Gasteiger partial charge in [-0.2, -0.15) is 5.26 Å². The van der Waals surface area contributed by atoms with Crippen LogP contribution in [0.15, 0.2) is 23.2 Å². The van der Waals surface area contributed by atoms with E-state index in [1.807, 2.05) is 20.2 Å². The summed E-state index contributed by atoms with van der Waals surface area (Å²) in [6.07, 6.45) is 4.46. The molecule has 2 rings (SSSR count).